The van der Waals surface area contributed by atoms with Crippen LogP contribution in [0.15, 0.2) is 16.7 Å². The minimum absolute atomic E-state index is 0.160. The summed E-state index contributed by atoms with van der Waals surface area (Å²) < 4.78 is 10.9. The highest BCUT2D eigenvalue weighted by molar-refractivity contribution is 7.12. The van der Waals surface area contributed by atoms with Crippen molar-refractivity contribution in [1.29, 1.82) is 0 Å². The molecule has 3 aromatic heterocycles. The molecule has 3 aromatic rings. The van der Waals surface area contributed by atoms with Crippen molar-refractivity contribution in [2.45, 2.75) is 46.6 Å². The van der Waals surface area contributed by atoms with Gasteiger partial charge < -0.3 is 14.2 Å². The van der Waals surface area contributed by atoms with Crippen LogP contribution in [0.3, 0.4) is 0 Å². The lowest BCUT2D eigenvalue weighted by Crippen LogP contribution is -2.38. The molecule has 1 amide bonds. The van der Waals surface area contributed by atoms with Crippen LogP contribution in [-0.2, 0) is 9.53 Å². The summed E-state index contributed by atoms with van der Waals surface area (Å²) in [7, 11) is 0. The van der Waals surface area contributed by atoms with Crippen molar-refractivity contribution in [3.8, 4) is 11.3 Å². The third-order valence-electron chi connectivity index (χ3n) is 5.20. The molecule has 0 saturated carbocycles. The number of amides is 1. The van der Waals surface area contributed by atoms with Crippen molar-refractivity contribution in [3.05, 3.63) is 33.1 Å². The Morgan fingerprint density at radius 1 is 1.21 bits per heavy atom. The van der Waals surface area contributed by atoms with Gasteiger partial charge in [-0.3, -0.25) is 4.79 Å². The molecule has 4 heterocycles. The fourth-order valence-electron chi connectivity index (χ4n) is 3.75. The number of thiophene rings is 1. The molecule has 1 aliphatic heterocycles. The fraction of sp³-hybridized carbons (Fsp3) is 0.429. The van der Waals surface area contributed by atoms with E-state index in [9.17, 15) is 9.59 Å². The number of pyridine rings is 1. The van der Waals surface area contributed by atoms with Gasteiger partial charge in [-0.2, -0.15) is 0 Å². The predicted octanol–water partition coefficient (Wildman–Crippen LogP) is 4.04. The van der Waals surface area contributed by atoms with E-state index in [1.54, 1.807) is 36.2 Å². The minimum atomic E-state index is -0.849. The molecule has 1 atom stereocenters. The van der Waals surface area contributed by atoms with Gasteiger partial charge in [0.1, 0.15) is 0 Å². The molecular formula is C21H23N3O4S. The third kappa shape index (κ3) is 3.64. The summed E-state index contributed by atoms with van der Waals surface area (Å²) >= 11 is 1.66. The second kappa shape index (κ2) is 7.59. The van der Waals surface area contributed by atoms with Gasteiger partial charge in [-0.25, -0.2) is 9.78 Å². The van der Waals surface area contributed by atoms with Crippen LogP contribution >= 0.6 is 11.3 Å². The maximum absolute atomic E-state index is 13.0. The topological polar surface area (TPSA) is 85.5 Å². The van der Waals surface area contributed by atoms with Crippen LogP contribution in [-0.4, -0.2) is 46.1 Å². The first-order chi connectivity index (χ1) is 13.8. The standard InChI is InChI=1S/C21H23N3O4S/c1-11-9-15(14(4)29-11)17-10-16(18-12(2)23-28-19(18)22-17)21(26)27-13(3)20(25)24-7-5-6-8-24/h9-10,13H,5-8H2,1-4H3. The number of likely N-dealkylation sites (tertiary alicyclic amines) is 1. The Hall–Kier alpha value is -2.74. The summed E-state index contributed by atoms with van der Waals surface area (Å²) in [6, 6.07) is 3.74. The number of hydrogen-bond acceptors (Lipinski definition) is 7. The number of rotatable bonds is 4. The Kier molecular flexibility index (Phi) is 5.12. The van der Waals surface area contributed by atoms with Crippen molar-refractivity contribution >= 4 is 34.3 Å². The van der Waals surface area contributed by atoms with E-state index in [0.29, 0.717) is 35.4 Å². The number of fused-ring (bicyclic) bond motifs is 1. The van der Waals surface area contributed by atoms with Gasteiger partial charge in [0.25, 0.3) is 11.6 Å². The van der Waals surface area contributed by atoms with Crippen LogP contribution in [0.4, 0.5) is 0 Å². The summed E-state index contributed by atoms with van der Waals surface area (Å²) in [5, 5.41) is 4.48. The third-order valence-corrected chi connectivity index (χ3v) is 6.17. The smallest absolute Gasteiger partial charge is 0.339 e. The van der Waals surface area contributed by atoms with Crippen molar-refractivity contribution in [3.63, 3.8) is 0 Å². The zero-order valence-corrected chi connectivity index (χ0v) is 17.8. The van der Waals surface area contributed by atoms with E-state index in [2.05, 4.69) is 10.1 Å². The number of ether oxygens (including phenoxy) is 1. The molecule has 0 radical (unpaired) electrons. The zero-order valence-electron chi connectivity index (χ0n) is 16.9. The second-order valence-corrected chi connectivity index (χ2v) is 8.87. The summed E-state index contributed by atoms with van der Waals surface area (Å²) in [5.41, 5.74) is 2.73. The van der Waals surface area contributed by atoms with Crippen molar-refractivity contribution in [2.24, 2.45) is 0 Å². The van der Waals surface area contributed by atoms with Gasteiger partial charge in [-0.1, -0.05) is 5.16 Å². The molecule has 7 nitrogen and oxygen atoms in total. The maximum atomic E-state index is 13.0. The van der Waals surface area contributed by atoms with Gasteiger partial charge in [-0.15, -0.1) is 11.3 Å². The molecule has 0 N–H and O–H groups in total. The number of nitrogens with zero attached hydrogens (tertiary/aromatic N) is 3. The van der Waals surface area contributed by atoms with Crippen LogP contribution in [0.25, 0.3) is 22.4 Å². The van der Waals surface area contributed by atoms with Gasteiger partial charge in [0.2, 0.25) is 0 Å². The van der Waals surface area contributed by atoms with Gasteiger partial charge in [0.15, 0.2) is 6.10 Å². The summed E-state index contributed by atoms with van der Waals surface area (Å²) in [5.74, 6) is -0.734. The number of carbonyl (C=O) groups is 2. The lowest BCUT2D eigenvalue weighted by atomic mass is 10.1. The van der Waals surface area contributed by atoms with Gasteiger partial charge in [0, 0.05) is 28.4 Å². The van der Waals surface area contributed by atoms with E-state index in [0.717, 1.165) is 28.2 Å². The maximum Gasteiger partial charge on any atom is 0.339 e. The van der Waals surface area contributed by atoms with Gasteiger partial charge in [0.05, 0.1) is 22.3 Å². The molecule has 0 aliphatic carbocycles. The first-order valence-corrected chi connectivity index (χ1v) is 10.5. The molecule has 29 heavy (non-hydrogen) atoms. The monoisotopic (exact) mass is 413 g/mol. The Morgan fingerprint density at radius 2 is 1.93 bits per heavy atom. The van der Waals surface area contributed by atoms with E-state index in [1.807, 2.05) is 19.9 Å². The zero-order chi connectivity index (χ0) is 20.7. The second-order valence-electron chi connectivity index (χ2n) is 7.41. The number of esters is 1. The van der Waals surface area contributed by atoms with E-state index in [-0.39, 0.29) is 11.6 Å². The number of aryl methyl sites for hydroxylation is 3. The van der Waals surface area contributed by atoms with E-state index >= 15 is 0 Å². The van der Waals surface area contributed by atoms with Crippen molar-refractivity contribution in [1.82, 2.24) is 15.0 Å². The van der Waals surface area contributed by atoms with Crippen molar-refractivity contribution in [2.75, 3.05) is 13.1 Å². The number of carbonyl (C=O) groups excluding carboxylic acids is 2. The van der Waals surface area contributed by atoms with Crippen LogP contribution in [0.1, 0.15) is 45.6 Å². The highest BCUT2D eigenvalue weighted by Crippen LogP contribution is 2.33. The molecule has 1 fully saturated rings. The molecule has 1 unspecified atom stereocenters. The first kappa shape index (κ1) is 19.6. The highest BCUT2D eigenvalue weighted by Gasteiger charge is 2.28. The molecule has 0 bridgehead atoms. The normalized spacial score (nSPS) is 15.1. The molecule has 0 spiro atoms. The van der Waals surface area contributed by atoms with E-state index in [4.69, 9.17) is 9.26 Å². The Balaban J connectivity index is 1.69. The first-order valence-electron chi connectivity index (χ1n) is 9.69. The van der Waals surface area contributed by atoms with Crippen molar-refractivity contribution < 1.29 is 18.8 Å². The largest absolute Gasteiger partial charge is 0.449 e. The molecule has 1 saturated heterocycles. The molecule has 152 valence electrons. The lowest BCUT2D eigenvalue weighted by Gasteiger charge is -2.20. The van der Waals surface area contributed by atoms with Gasteiger partial charge >= 0.3 is 5.97 Å². The molecule has 4 rings (SSSR count). The highest BCUT2D eigenvalue weighted by atomic mass is 32.1. The lowest BCUT2D eigenvalue weighted by molar-refractivity contribution is -0.138. The summed E-state index contributed by atoms with van der Waals surface area (Å²) in [6.45, 7) is 8.84. The van der Waals surface area contributed by atoms with E-state index in [1.165, 1.54) is 0 Å². The molecule has 1 aliphatic rings. The van der Waals surface area contributed by atoms with Gasteiger partial charge in [-0.05, 0) is 52.7 Å². The van der Waals surface area contributed by atoms with Crippen LogP contribution in [0.2, 0.25) is 0 Å². The average molecular weight is 413 g/mol. The number of aromatic nitrogens is 2. The van der Waals surface area contributed by atoms with Crippen LogP contribution in [0.5, 0.6) is 0 Å². The fourth-order valence-corrected chi connectivity index (χ4v) is 4.68. The van der Waals surface area contributed by atoms with Crippen LogP contribution in [0, 0.1) is 20.8 Å². The minimum Gasteiger partial charge on any atom is -0.449 e. The molecule has 8 heteroatoms. The van der Waals surface area contributed by atoms with E-state index < -0.39 is 12.1 Å². The molecular weight excluding hydrogens is 390 g/mol. The SMILES string of the molecule is Cc1cc(-c2cc(C(=O)OC(C)C(=O)N3CCCC3)c3c(C)noc3n2)c(C)s1. The number of hydrogen-bond donors (Lipinski definition) is 0. The quantitative estimate of drug-likeness (QED) is 0.600. The Morgan fingerprint density at radius 3 is 2.59 bits per heavy atom. The Labute approximate surface area is 172 Å². The summed E-state index contributed by atoms with van der Waals surface area (Å²) in [6.07, 6.45) is 1.12. The Bertz CT molecular complexity index is 1090. The average Bonchev–Trinajstić information content (AvgIpc) is 3.41. The summed E-state index contributed by atoms with van der Waals surface area (Å²) in [4.78, 5) is 34.1. The predicted molar refractivity (Wildman–Crippen MR) is 110 cm³/mol. The molecule has 0 aromatic carbocycles. The van der Waals surface area contributed by atoms with Crippen LogP contribution < -0.4 is 0 Å².